The number of carbonyl (C=O) groups is 1. The van der Waals surface area contributed by atoms with Crippen LogP contribution >= 0.6 is 0 Å². The molecule has 2 amide bonds. The first-order valence-electron chi connectivity index (χ1n) is 18.3. The summed E-state index contributed by atoms with van der Waals surface area (Å²) in [5.41, 5.74) is 12.6. The van der Waals surface area contributed by atoms with E-state index in [2.05, 4.69) is 32.4 Å². The van der Waals surface area contributed by atoms with Crippen LogP contribution in [0.2, 0.25) is 0 Å². The first kappa shape index (κ1) is 39.3. The number of rotatable bonds is 7. The van der Waals surface area contributed by atoms with Gasteiger partial charge in [-0.3, -0.25) is 14.1 Å². The van der Waals surface area contributed by atoms with E-state index in [1.54, 1.807) is 34.0 Å². The number of nitriles is 1. The molecule has 4 atom stereocenters. The van der Waals surface area contributed by atoms with Gasteiger partial charge in [0.25, 0.3) is 6.26 Å². The van der Waals surface area contributed by atoms with Crippen LogP contribution in [0.15, 0.2) is 34.3 Å². The van der Waals surface area contributed by atoms with Gasteiger partial charge in [0, 0.05) is 25.8 Å². The van der Waals surface area contributed by atoms with E-state index in [9.17, 15) is 23.4 Å². The van der Waals surface area contributed by atoms with Gasteiger partial charge < -0.3 is 20.3 Å². The number of hydrogen-bond acceptors (Lipinski definition) is 9. The largest absolute Gasteiger partial charge is 0.387 e. The van der Waals surface area contributed by atoms with Gasteiger partial charge in [0.1, 0.15) is 16.7 Å². The fraction of sp³-hybridized carbons (Fsp3) is 0.474. The zero-order valence-corrected chi connectivity index (χ0v) is 32.7. The molecule has 4 aliphatic rings. The number of ether oxygens (including phenoxy) is 1. The monoisotopic (exact) mass is 776 g/mol. The predicted molar refractivity (Wildman–Crippen MR) is 204 cm³/mol. The highest BCUT2D eigenvalue weighted by atomic mass is 32.2. The van der Waals surface area contributed by atoms with Crippen LogP contribution in [0.5, 0.6) is 5.75 Å². The molecule has 0 spiro atoms. The molecular weight excluding hydrogens is 729 g/mol. The lowest BCUT2D eigenvalue weighted by molar-refractivity contribution is 0.188. The third kappa shape index (κ3) is 8.45. The number of nitrogens with zero attached hydrogens (tertiary/aromatic N) is 5. The standard InChI is InChI=1S/C19H24N4O3S.C13H13NO.C6H11N3O2S/c1-11(24)16-10-17(21-23(16)2)27(26)22-19(25)20-18-14-7-3-5-12(14)9-13-6-4-8-15(13)18;14-8-15-13-11-5-1-3-9(11)7-10-4-2-6-12(10)13;1-4(10)5-3-6(12(7)11)8-9(5)2/h9-11,24H,3-8H2,1-2H3,(H2,20,22,25);7H,1-6H2;3-4,10H,7H2,1-2H3. The number of amides is 2. The molecule has 16 heteroatoms. The van der Waals surface area contributed by atoms with Crippen molar-refractivity contribution >= 4 is 33.7 Å². The molecule has 54 heavy (non-hydrogen) atoms. The molecule has 2 aromatic heterocycles. The molecule has 0 saturated carbocycles. The highest BCUT2D eigenvalue weighted by Crippen LogP contribution is 2.40. The molecular formula is C38H48N8O6S2. The minimum absolute atomic E-state index is 0.215. The molecule has 0 radical (unpaired) electrons. The van der Waals surface area contributed by atoms with Crippen LogP contribution < -0.4 is 19.9 Å². The van der Waals surface area contributed by atoms with Crippen molar-refractivity contribution in [3.8, 4) is 12.0 Å². The molecule has 2 heterocycles. The second-order valence-electron chi connectivity index (χ2n) is 14.2. The van der Waals surface area contributed by atoms with Gasteiger partial charge in [0.05, 0.1) is 23.6 Å². The SMILES string of the molecule is CC(O)c1cc(S(=O)NC(=O)Nc2c3c(cc4c2CCC4)CCC3)nn1C.CC(O)c1cc(S(N)=O)nn1C.N#COc1c2c(cc3c1CCC3)CCC2. The highest BCUT2D eigenvalue weighted by Gasteiger charge is 2.27. The molecule has 0 bridgehead atoms. The van der Waals surface area contributed by atoms with Gasteiger partial charge in [-0.1, -0.05) is 12.1 Å². The molecule has 8 rings (SSSR count). The van der Waals surface area contributed by atoms with Crippen molar-refractivity contribution in [1.82, 2.24) is 24.3 Å². The van der Waals surface area contributed by atoms with E-state index in [1.165, 1.54) is 72.8 Å². The Labute approximate surface area is 320 Å². The Kier molecular flexibility index (Phi) is 12.3. The van der Waals surface area contributed by atoms with Gasteiger partial charge in [0.2, 0.25) is 0 Å². The summed E-state index contributed by atoms with van der Waals surface area (Å²) in [6.45, 7) is 3.22. The summed E-state index contributed by atoms with van der Waals surface area (Å²) in [6.07, 6.45) is 13.7. The first-order valence-corrected chi connectivity index (χ1v) is 20.7. The number of benzene rings is 2. The summed E-state index contributed by atoms with van der Waals surface area (Å²) in [5, 5.41) is 44.2. The van der Waals surface area contributed by atoms with Crippen LogP contribution in [0.1, 0.15) is 108 Å². The quantitative estimate of drug-likeness (QED) is 0.170. The van der Waals surface area contributed by atoms with E-state index in [4.69, 9.17) is 15.1 Å². The number of nitrogens with one attached hydrogen (secondary N) is 2. The number of aliphatic hydroxyl groups is 2. The summed E-state index contributed by atoms with van der Waals surface area (Å²) >= 11 is 0. The van der Waals surface area contributed by atoms with Crippen LogP contribution in [0.25, 0.3) is 0 Å². The van der Waals surface area contributed by atoms with E-state index in [0.29, 0.717) is 11.4 Å². The van der Waals surface area contributed by atoms with Crippen molar-refractivity contribution in [2.24, 2.45) is 19.2 Å². The summed E-state index contributed by atoms with van der Waals surface area (Å²) in [6, 6.07) is 7.22. The van der Waals surface area contributed by atoms with Crippen LogP contribution in [-0.4, -0.2) is 44.2 Å². The van der Waals surface area contributed by atoms with Crippen molar-refractivity contribution < 1.29 is 28.2 Å². The molecule has 0 saturated heterocycles. The summed E-state index contributed by atoms with van der Waals surface area (Å²) in [5.74, 6) is 0.903. The lowest BCUT2D eigenvalue weighted by Gasteiger charge is -2.16. The number of hydrogen-bond donors (Lipinski definition) is 5. The maximum atomic E-state index is 12.5. The molecule has 0 fully saturated rings. The van der Waals surface area contributed by atoms with Gasteiger partial charge in [0.15, 0.2) is 21.0 Å². The Balaban J connectivity index is 0.000000154. The number of urea groups is 1. The molecule has 4 unspecified atom stereocenters. The molecule has 6 N–H and O–H groups in total. The van der Waals surface area contributed by atoms with Crippen molar-refractivity contribution in [3.05, 3.63) is 80.2 Å². The minimum Gasteiger partial charge on any atom is -0.387 e. The molecule has 4 aromatic rings. The van der Waals surface area contributed by atoms with Gasteiger partial charge in [-0.25, -0.2) is 18.4 Å². The average molecular weight is 777 g/mol. The molecule has 2 aromatic carbocycles. The maximum absolute atomic E-state index is 12.5. The average Bonchev–Trinajstić information content (AvgIpc) is 3.97. The summed E-state index contributed by atoms with van der Waals surface area (Å²) < 4.78 is 33.8. The Morgan fingerprint density at radius 2 is 1.20 bits per heavy atom. The fourth-order valence-corrected chi connectivity index (χ4v) is 9.24. The Hall–Kier alpha value is -4.40. The third-order valence-electron chi connectivity index (χ3n) is 10.5. The van der Waals surface area contributed by atoms with Crippen LogP contribution in [0.3, 0.4) is 0 Å². The summed E-state index contributed by atoms with van der Waals surface area (Å²) in [4.78, 5) is 12.5. The Bertz CT molecular complexity index is 2090. The van der Waals surface area contributed by atoms with Gasteiger partial charge in [-0.15, -0.1) is 5.26 Å². The lowest BCUT2D eigenvalue weighted by atomic mass is 9.99. The second-order valence-corrected chi connectivity index (χ2v) is 16.3. The number of carbonyl (C=O) groups excluding carboxylic acids is 1. The zero-order chi connectivity index (χ0) is 38.7. The topological polar surface area (TPSA) is 210 Å². The van der Waals surface area contributed by atoms with Crippen molar-refractivity contribution in [2.45, 2.75) is 113 Å². The molecule has 0 aliphatic heterocycles. The molecule has 14 nitrogen and oxygen atoms in total. The number of anilines is 1. The van der Waals surface area contributed by atoms with Crippen molar-refractivity contribution in [1.29, 1.82) is 5.26 Å². The van der Waals surface area contributed by atoms with Crippen LogP contribution in [0.4, 0.5) is 10.5 Å². The smallest absolute Gasteiger partial charge is 0.331 e. The first-order chi connectivity index (χ1) is 25.9. The molecule has 4 aliphatic carbocycles. The Morgan fingerprint density at radius 3 is 1.61 bits per heavy atom. The van der Waals surface area contributed by atoms with Gasteiger partial charge in [-0.05, 0) is 141 Å². The zero-order valence-electron chi connectivity index (χ0n) is 31.1. The second kappa shape index (κ2) is 17.0. The maximum Gasteiger partial charge on any atom is 0.331 e. The fourth-order valence-electron chi connectivity index (χ4n) is 8.05. The number of aliphatic hydroxyl groups excluding tert-OH is 2. The highest BCUT2D eigenvalue weighted by molar-refractivity contribution is 7.83. The van der Waals surface area contributed by atoms with Crippen molar-refractivity contribution in [2.75, 3.05) is 5.32 Å². The van der Waals surface area contributed by atoms with Crippen LogP contribution in [-0.2, 0) is 87.4 Å². The van der Waals surface area contributed by atoms with E-state index in [1.807, 2.05) is 6.26 Å². The number of aryl methyl sites for hydroxylation is 6. The number of aromatic nitrogens is 4. The third-order valence-corrected chi connectivity index (χ3v) is 12.1. The predicted octanol–water partition coefficient (Wildman–Crippen LogP) is 4.27. The minimum atomic E-state index is -1.79. The van der Waals surface area contributed by atoms with Crippen molar-refractivity contribution in [3.63, 3.8) is 0 Å². The van der Waals surface area contributed by atoms with E-state index in [0.717, 1.165) is 75.6 Å². The van der Waals surface area contributed by atoms with Gasteiger partial charge >= 0.3 is 6.03 Å². The van der Waals surface area contributed by atoms with Gasteiger partial charge in [-0.2, -0.15) is 10.2 Å². The van der Waals surface area contributed by atoms with E-state index < -0.39 is 40.2 Å². The lowest BCUT2D eigenvalue weighted by Crippen LogP contribution is -2.31. The van der Waals surface area contributed by atoms with E-state index >= 15 is 0 Å². The number of fused-ring (bicyclic) bond motifs is 4. The normalized spacial score (nSPS) is 16.9. The van der Waals surface area contributed by atoms with E-state index in [-0.39, 0.29) is 10.1 Å². The summed E-state index contributed by atoms with van der Waals surface area (Å²) in [7, 11) is -0.0416. The molecule has 288 valence electrons. The number of nitrogens with two attached hydrogens (primary N) is 1. The Morgan fingerprint density at radius 1 is 0.778 bits per heavy atom. The van der Waals surface area contributed by atoms with Crippen LogP contribution in [0, 0.1) is 11.5 Å².